The Morgan fingerprint density at radius 1 is 1.26 bits per heavy atom. The number of hydrogen-bond acceptors (Lipinski definition) is 3. The number of rotatable bonds is 7. The smallest absolute Gasteiger partial charge is 0.227 e. The number of carbonyl (C=O) groups is 1. The molecule has 27 heavy (non-hydrogen) atoms. The van der Waals surface area contributed by atoms with Crippen molar-refractivity contribution in [3.05, 3.63) is 53.6 Å². The fraction of sp³-hybridized carbons (Fsp3) is 0.524. The summed E-state index contributed by atoms with van der Waals surface area (Å²) in [6.45, 7) is 2.63. The number of aromatic nitrogens is 2. The van der Waals surface area contributed by atoms with E-state index >= 15 is 0 Å². The van der Waals surface area contributed by atoms with Crippen molar-refractivity contribution in [2.75, 3.05) is 19.8 Å². The summed E-state index contributed by atoms with van der Waals surface area (Å²) in [5, 5.41) is 4.43. The van der Waals surface area contributed by atoms with Gasteiger partial charge in [-0.1, -0.05) is 24.6 Å². The first-order valence-corrected chi connectivity index (χ1v) is 9.82. The summed E-state index contributed by atoms with van der Waals surface area (Å²) >= 11 is 0. The van der Waals surface area contributed by atoms with Crippen LogP contribution in [-0.4, -0.2) is 40.3 Å². The second-order valence-electron chi connectivity index (χ2n) is 7.62. The number of nitrogens with zero attached hydrogens (tertiary/aromatic N) is 3. The van der Waals surface area contributed by atoms with Gasteiger partial charge in [0.05, 0.1) is 24.7 Å². The lowest BCUT2D eigenvalue weighted by atomic mass is 9.86. The molecule has 1 aliphatic heterocycles. The Morgan fingerprint density at radius 2 is 2.11 bits per heavy atom. The van der Waals surface area contributed by atoms with Gasteiger partial charge in [0.1, 0.15) is 5.82 Å². The number of carbonyl (C=O) groups excluding carboxylic acids is 1. The first-order chi connectivity index (χ1) is 13.2. The van der Waals surface area contributed by atoms with E-state index < -0.39 is 0 Å². The molecule has 0 saturated heterocycles. The number of fused-ring (bicyclic) bond motifs is 1. The number of ether oxygens (including phenoxy) is 1. The van der Waals surface area contributed by atoms with Crippen molar-refractivity contribution in [1.29, 1.82) is 0 Å². The van der Waals surface area contributed by atoms with Crippen molar-refractivity contribution >= 4 is 5.91 Å². The minimum atomic E-state index is -0.325. The zero-order valence-corrected chi connectivity index (χ0v) is 15.5. The van der Waals surface area contributed by atoms with Gasteiger partial charge in [-0.3, -0.25) is 9.48 Å². The van der Waals surface area contributed by atoms with Gasteiger partial charge in [0.2, 0.25) is 5.91 Å². The van der Waals surface area contributed by atoms with Crippen molar-refractivity contribution in [3.8, 4) is 0 Å². The maximum absolute atomic E-state index is 13.9. The molecule has 6 heteroatoms. The van der Waals surface area contributed by atoms with E-state index in [0.29, 0.717) is 25.3 Å². The molecule has 4 rings (SSSR count). The number of benzene rings is 1. The maximum atomic E-state index is 13.9. The molecule has 0 spiro atoms. The van der Waals surface area contributed by atoms with Crippen LogP contribution in [0, 0.1) is 11.7 Å². The third kappa shape index (κ3) is 4.21. The van der Waals surface area contributed by atoms with Crippen molar-refractivity contribution in [2.24, 2.45) is 5.92 Å². The lowest BCUT2D eigenvalue weighted by Gasteiger charge is -2.34. The first kappa shape index (κ1) is 18.2. The van der Waals surface area contributed by atoms with E-state index in [2.05, 4.69) is 5.10 Å². The summed E-state index contributed by atoms with van der Waals surface area (Å²) in [5.41, 5.74) is 1.47. The Bertz CT molecular complexity index is 787. The van der Waals surface area contributed by atoms with Gasteiger partial charge in [0.15, 0.2) is 0 Å². The highest BCUT2D eigenvalue weighted by Gasteiger charge is 2.28. The zero-order valence-electron chi connectivity index (χ0n) is 15.5. The SMILES string of the molecule is O=C(Cc1ccccc1F)N1Cc2ccnn2[C@H](CCOCC2CCC2)C1. The van der Waals surface area contributed by atoms with Gasteiger partial charge in [-0.25, -0.2) is 4.39 Å². The lowest BCUT2D eigenvalue weighted by molar-refractivity contribution is -0.132. The molecule has 2 heterocycles. The predicted octanol–water partition coefficient (Wildman–Crippen LogP) is 3.36. The van der Waals surface area contributed by atoms with Crippen LogP contribution >= 0.6 is 0 Å². The van der Waals surface area contributed by atoms with Gasteiger partial charge in [-0.05, 0) is 42.9 Å². The summed E-state index contributed by atoms with van der Waals surface area (Å²) in [6.07, 6.45) is 6.58. The second-order valence-corrected chi connectivity index (χ2v) is 7.62. The molecule has 0 bridgehead atoms. The fourth-order valence-corrected chi connectivity index (χ4v) is 3.84. The monoisotopic (exact) mass is 371 g/mol. The molecular weight excluding hydrogens is 345 g/mol. The average molecular weight is 371 g/mol. The summed E-state index contributed by atoms with van der Waals surface area (Å²) < 4.78 is 21.7. The molecule has 1 fully saturated rings. The van der Waals surface area contributed by atoms with Gasteiger partial charge >= 0.3 is 0 Å². The number of amides is 1. The Kier molecular flexibility index (Phi) is 5.53. The minimum Gasteiger partial charge on any atom is -0.381 e. The summed E-state index contributed by atoms with van der Waals surface area (Å²) in [6, 6.07) is 8.53. The molecule has 0 N–H and O–H groups in total. The number of halogens is 1. The van der Waals surface area contributed by atoms with Crippen LogP contribution in [0.25, 0.3) is 0 Å². The van der Waals surface area contributed by atoms with Gasteiger partial charge in [0.25, 0.3) is 0 Å². The van der Waals surface area contributed by atoms with E-state index in [1.807, 2.05) is 15.6 Å². The lowest BCUT2D eigenvalue weighted by Crippen LogP contribution is -2.42. The average Bonchev–Trinajstić information content (AvgIpc) is 3.10. The maximum Gasteiger partial charge on any atom is 0.227 e. The van der Waals surface area contributed by atoms with Crippen LogP contribution < -0.4 is 0 Å². The third-order valence-electron chi connectivity index (χ3n) is 5.71. The largest absolute Gasteiger partial charge is 0.381 e. The van der Waals surface area contributed by atoms with Crippen LogP contribution in [0.1, 0.15) is 43.0 Å². The normalized spacial score (nSPS) is 19.6. The molecule has 144 valence electrons. The molecule has 1 aliphatic carbocycles. The van der Waals surface area contributed by atoms with Gasteiger partial charge < -0.3 is 9.64 Å². The molecule has 1 saturated carbocycles. The van der Waals surface area contributed by atoms with Crippen molar-refractivity contribution < 1.29 is 13.9 Å². The van der Waals surface area contributed by atoms with Crippen molar-refractivity contribution in [2.45, 2.75) is 44.7 Å². The van der Waals surface area contributed by atoms with Crippen molar-refractivity contribution in [3.63, 3.8) is 0 Å². The molecule has 2 aromatic rings. The minimum absolute atomic E-state index is 0.0482. The third-order valence-corrected chi connectivity index (χ3v) is 5.71. The first-order valence-electron chi connectivity index (χ1n) is 9.82. The highest BCUT2D eigenvalue weighted by Crippen LogP contribution is 2.27. The summed E-state index contributed by atoms with van der Waals surface area (Å²) in [5.74, 6) is 0.359. The van der Waals surface area contributed by atoms with Crippen molar-refractivity contribution in [1.82, 2.24) is 14.7 Å². The van der Waals surface area contributed by atoms with E-state index in [0.717, 1.165) is 24.6 Å². The number of hydrogen-bond donors (Lipinski definition) is 0. The van der Waals surface area contributed by atoms with E-state index in [1.165, 1.54) is 25.3 Å². The highest BCUT2D eigenvalue weighted by molar-refractivity contribution is 5.79. The van der Waals surface area contributed by atoms with E-state index in [1.54, 1.807) is 24.4 Å². The van der Waals surface area contributed by atoms with Crippen LogP contribution in [0.3, 0.4) is 0 Å². The van der Waals surface area contributed by atoms with Crippen LogP contribution in [0.4, 0.5) is 4.39 Å². The molecular formula is C21H26FN3O2. The Balaban J connectivity index is 1.36. The van der Waals surface area contributed by atoms with E-state index in [9.17, 15) is 9.18 Å². The second kappa shape index (κ2) is 8.21. The van der Waals surface area contributed by atoms with Gasteiger partial charge in [0, 0.05) is 26.0 Å². The van der Waals surface area contributed by atoms with Crippen LogP contribution in [0.5, 0.6) is 0 Å². The highest BCUT2D eigenvalue weighted by atomic mass is 19.1. The molecule has 1 amide bonds. The van der Waals surface area contributed by atoms with Crippen LogP contribution in [0.15, 0.2) is 36.5 Å². The topological polar surface area (TPSA) is 47.4 Å². The zero-order chi connectivity index (χ0) is 18.6. The predicted molar refractivity (Wildman–Crippen MR) is 99.6 cm³/mol. The molecule has 1 aromatic carbocycles. The van der Waals surface area contributed by atoms with E-state index in [-0.39, 0.29) is 24.2 Å². The quantitative estimate of drug-likeness (QED) is 0.701. The van der Waals surface area contributed by atoms with Crippen LogP contribution in [0.2, 0.25) is 0 Å². The molecule has 0 unspecified atom stereocenters. The summed E-state index contributed by atoms with van der Waals surface area (Å²) in [4.78, 5) is 14.6. The Labute approximate surface area is 159 Å². The molecule has 1 atom stereocenters. The molecule has 5 nitrogen and oxygen atoms in total. The van der Waals surface area contributed by atoms with Crippen LogP contribution in [-0.2, 0) is 22.5 Å². The molecule has 1 aromatic heterocycles. The summed E-state index contributed by atoms with van der Waals surface area (Å²) in [7, 11) is 0. The Hall–Kier alpha value is -2.21. The Morgan fingerprint density at radius 3 is 2.89 bits per heavy atom. The van der Waals surface area contributed by atoms with Gasteiger partial charge in [-0.15, -0.1) is 0 Å². The standard InChI is InChI=1S/C21H26FN3O2/c22-20-7-2-1-6-17(20)12-21(26)24-13-18-8-10-23-25(18)19(14-24)9-11-27-15-16-4-3-5-16/h1-2,6-8,10,16,19H,3-5,9,11-15H2/t19-/m1/s1. The fourth-order valence-electron chi connectivity index (χ4n) is 3.84. The molecule has 2 aliphatic rings. The van der Waals surface area contributed by atoms with E-state index in [4.69, 9.17) is 4.74 Å². The molecule has 0 radical (unpaired) electrons. The van der Waals surface area contributed by atoms with Gasteiger partial charge in [-0.2, -0.15) is 5.10 Å².